The number of fused-ring (bicyclic) bond motifs is 1. The molecular weight excluding hydrogens is 367 g/mol. The lowest BCUT2D eigenvalue weighted by Gasteiger charge is -2.06. The molecular formula is C20H19FN2O3S. The van der Waals surface area contributed by atoms with Crippen molar-refractivity contribution in [3.8, 4) is 0 Å². The first-order chi connectivity index (χ1) is 13.0. The van der Waals surface area contributed by atoms with Crippen molar-refractivity contribution in [1.82, 2.24) is 9.55 Å². The highest BCUT2D eigenvalue weighted by atomic mass is 32.2. The summed E-state index contributed by atoms with van der Waals surface area (Å²) < 4.78 is 20.0. The van der Waals surface area contributed by atoms with E-state index in [1.807, 2.05) is 17.6 Å². The van der Waals surface area contributed by atoms with Gasteiger partial charge in [-0.1, -0.05) is 11.8 Å². The van der Waals surface area contributed by atoms with E-state index in [-0.39, 0.29) is 23.3 Å². The lowest BCUT2D eigenvalue weighted by atomic mass is 10.1. The normalized spacial score (nSPS) is 10.9. The van der Waals surface area contributed by atoms with Crippen LogP contribution in [0.15, 0.2) is 47.6 Å². The third kappa shape index (κ3) is 4.19. The minimum Gasteiger partial charge on any atom is -0.462 e. The lowest BCUT2D eigenvalue weighted by Crippen LogP contribution is -2.05. The molecule has 3 rings (SSSR count). The molecule has 2 aromatic carbocycles. The van der Waals surface area contributed by atoms with E-state index in [1.165, 1.54) is 36.0 Å². The number of nitrogens with zero attached hydrogens (tertiary/aromatic N) is 2. The highest BCUT2D eigenvalue weighted by molar-refractivity contribution is 7.99. The topological polar surface area (TPSA) is 61.2 Å². The summed E-state index contributed by atoms with van der Waals surface area (Å²) in [5.41, 5.74) is 2.48. The molecule has 3 aromatic rings. The minimum atomic E-state index is -0.383. The van der Waals surface area contributed by atoms with E-state index in [4.69, 9.17) is 4.74 Å². The van der Waals surface area contributed by atoms with Gasteiger partial charge in [0.15, 0.2) is 10.9 Å². The largest absolute Gasteiger partial charge is 0.462 e. The van der Waals surface area contributed by atoms with Crippen LogP contribution in [0.3, 0.4) is 0 Å². The molecule has 0 radical (unpaired) electrons. The molecule has 0 saturated heterocycles. The van der Waals surface area contributed by atoms with Gasteiger partial charge in [-0.25, -0.2) is 14.2 Å². The highest BCUT2D eigenvalue weighted by Crippen LogP contribution is 2.26. The second kappa shape index (κ2) is 8.35. The van der Waals surface area contributed by atoms with Crippen molar-refractivity contribution < 1.29 is 18.7 Å². The fourth-order valence-electron chi connectivity index (χ4n) is 2.71. The highest BCUT2D eigenvalue weighted by Gasteiger charge is 2.15. The van der Waals surface area contributed by atoms with Crippen molar-refractivity contribution >= 4 is 34.5 Å². The van der Waals surface area contributed by atoms with Gasteiger partial charge in [-0.15, -0.1) is 0 Å². The number of Topliss-reactive ketones (excluding diaryl/α,β-unsaturated/α-hetero) is 1. The minimum absolute atomic E-state index is 0.0954. The molecule has 27 heavy (non-hydrogen) atoms. The summed E-state index contributed by atoms with van der Waals surface area (Å²) in [6.07, 6.45) is 0. The average Bonchev–Trinajstić information content (AvgIpc) is 3.03. The van der Waals surface area contributed by atoms with Gasteiger partial charge in [0.25, 0.3) is 0 Å². The van der Waals surface area contributed by atoms with Crippen molar-refractivity contribution in [2.24, 2.45) is 0 Å². The van der Waals surface area contributed by atoms with E-state index in [9.17, 15) is 14.0 Å². The molecule has 5 nitrogen and oxygen atoms in total. The number of thioether (sulfide) groups is 1. The smallest absolute Gasteiger partial charge is 0.338 e. The number of carbonyl (C=O) groups is 2. The third-order valence-electron chi connectivity index (χ3n) is 4.04. The Morgan fingerprint density at radius 3 is 2.48 bits per heavy atom. The molecule has 0 fully saturated rings. The molecule has 0 unspecified atom stereocenters. The SMILES string of the molecule is CCOC(=O)c1ccc2c(c1)nc(SCC(=O)c1ccc(F)cc1)n2CC. The summed E-state index contributed by atoms with van der Waals surface area (Å²) in [5, 5.41) is 0.698. The van der Waals surface area contributed by atoms with Crippen molar-refractivity contribution in [3.63, 3.8) is 0 Å². The number of rotatable bonds is 7. The van der Waals surface area contributed by atoms with Gasteiger partial charge in [-0.05, 0) is 56.3 Å². The molecule has 1 heterocycles. The van der Waals surface area contributed by atoms with Crippen LogP contribution in [0.5, 0.6) is 0 Å². The Hall–Kier alpha value is -2.67. The molecule has 0 atom stereocenters. The number of hydrogen-bond acceptors (Lipinski definition) is 5. The van der Waals surface area contributed by atoms with Crippen LogP contribution in [-0.4, -0.2) is 33.7 Å². The molecule has 0 saturated carbocycles. The first-order valence-electron chi connectivity index (χ1n) is 8.62. The first-order valence-corrected chi connectivity index (χ1v) is 9.61. The van der Waals surface area contributed by atoms with E-state index in [2.05, 4.69) is 4.98 Å². The summed E-state index contributed by atoms with van der Waals surface area (Å²) in [6.45, 7) is 4.75. The van der Waals surface area contributed by atoms with Crippen molar-refractivity contribution in [1.29, 1.82) is 0 Å². The number of imidazole rings is 1. The average molecular weight is 386 g/mol. The van der Waals surface area contributed by atoms with Crippen LogP contribution in [0.25, 0.3) is 11.0 Å². The van der Waals surface area contributed by atoms with Gasteiger partial charge >= 0.3 is 5.97 Å². The number of halogens is 1. The van der Waals surface area contributed by atoms with Crippen molar-refractivity contribution in [2.75, 3.05) is 12.4 Å². The standard InChI is InChI=1S/C20H19FN2O3S/c1-3-23-17-10-7-14(19(25)26-4-2)11-16(17)22-20(23)27-12-18(24)13-5-8-15(21)9-6-13/h5-11H,3-4,12H2,1-2H3. The Balaban J connectivity index is 1.82. The number of aromatic nitrogens is 2. The second-order valence-electron chi connectivity index (χ2n) is 5.78. The molecule has 0 N–H and O–H groups in total. The van der Waals surface area contributed by atoms with Gasteiger partial charge < -0.3 is 9.30 Å². The van der Waals surface area contributed by atoms with Crippen molar-refractivity contribution in [3.05, 3.63) is 59.4 Å². The Morgan fingerprint density at radius 1 is 1.11 bits per heavy atom. The van der Waals surface area contributed by atoms with Crippen LogP contribution in [0, 0.1) is 5.82 Å². The van der Waals surface area contributed by atoms with E-state index >= 15 is 0 Å². The van der Waals surface area contributed by atoms with Crippen LogP contribution in [0.4, 0.5) is 4.39 Å². The second-order valence-corrected chi connectivity index (χ2v) is 6.72. The molecule has 1 aromatic heterocycles. The number of benzene rings is 2. The number of ketones is 1. The molecule has 0 aliphatic heterocycles. The summed E-state index contributed by atoms with van der Waals surface area (Å²) >= 11 is 1.32. The zero-order valence-electron chi connectivity index (χ0n) is 15.1. The zero-order valence-corrected chi connectivity index (χ0v) is 15.9. The summed E-state index contributed by atoms with van der Waals surface area (Å²) in [7, 11) is 0. The van der Waals surface area contributed by atoms with Crippen LogP contribution >= 0.6 is 11.8 Å². The van der Waals surface area contributed by atoms with Crippen LogP contribution in [0.1, 0.15) is 34.6 Å². The molecule has 0 aliphatic rings. The molecule has 7 heteroatoms. The molecule has 0 spiro atoms. The Labute approximate surface area is 160 Å². The third-order valence-corrected chi connectivity index (χ3v) is 5.02. The fourth-order valence-corrected chi connectivity index (χ4v) is 3.69. The molecule has 0 aliphatic carbocycles. The quantitative estimate of drug-likeness (QED) is 0.343. The summed E-state index contributed by atoms with van der Waals surface area (Å²) in [6, 6.07) is 10.8. The van der Waals surface area contributed by atoms with Crippen LogP contribution < -0.4 is 0 Å². The van der Waals surface area contributed by atoms with E-state index in [0.29, 0.717) is 35.0 Å². The van der Waals surface area contributed by atoms with Gasteiger partial charge in [-0.3, -0.25) is 4.79 Å². The molecule has 140 valence electrons. The van der Waals surface area contributed by atoms with E-state index in [1.54, 1.807) is 19.1 Å². The monoisotopic (exact) mass is 386 g/mol. The van der Waals surface area contributed by atoms with Crippen LogP contribution in [0.2, 0.25) is 0 Å². The van der Waals surface area contributed by atoms with Crippen molar-refractivity contribution in [2.45, 2.75) is 25.5 Å². The Morgan fingerprint density at radius 2 is 1.81 bits per heavy atom. The maximum absolute atomic E-state index is 13.0. The predicted molar refractivity (Wildman–Crippen MR) is 103 cm³/mol. The number of hydrogen-bond donors (Lipinski definition) is 0. The molecule has 0 bridgehead atoms. The number of carbonyl (C=O) groups excluding carboxylic acids is 2. The Kier molecular flexibility index (Phi) is 5.91. The Bertz CT molecular complexity index is 983. The van der Waals surface area contributed by atoms with Gasteiger partial charge in [-0.2, -0.15) is 0 Å². The van der Waals surface area contributed by atoms with E-state index in [0.717, 1.165) is 5.52 Å². The first kappa shape index (κ1) is 19.1. The van der Waals surface area contributed by atoms with Gasteiger partial charge in [0.2, 0.25) is 0 Å². The van der Waals surface area contributed by atoms with Gasteiger partial charge in [0, 0.05) is 12.1 Å². The van der Waals surface area contributed by atoms with E-state index < -0.39 is 0 Å². The summed E-state index contributed by atoms with van der Waals surface area (Å²) in [4.78, 5) is 28.8. The van der Waals surface area contributed by atoms with Gasteiger partial charge in [0.1, 0.15) is 5.82 Å². The summed E-state index contributed by atoms with van der Waals surface area (Å²) in [5.74, 6) is -0.655. The number of aryl methyl sites for hydroxylation is 1. The predicted octanol–water partition coefficient (Wildman–Crippen LogP) is 4.35. The fraction of sp³-hybridized carbons (Fsp3) is 0.250. The lowest BCUT2D eigenvalue weighted by molar-refractivity contribution is 0.0526. The maximum atomic E-state index is 13.0. The number of esters is 1. The van der Waals surface area contributed by atoms with Gasteiger partial charge in [0.05, 0.1) is 29.0 Å². The maximum Gasteiger partial charge on any atom is 0.338 e. The number of ether oxygens (including phenoxy) is 1. The van der Waals surface area contributed by atoms with Crippen LogP contribution in [-0.2, 0) is 11.3 Å². The zero-order chi connectivity index (χ0) is 19.4. The molecule has 0 amide bonds.